The van der Waals surface area contributed by atoms with Gasteiger partial charge in [-0.15, -0.1) is 13.2 Å². The normalized spacial score (nSPS) is 7.14. The third-order valence-corrected chi connectivity index (χ3v) is 1.58. The number of aliphatic carboxylic acids is 2. The molecule has 0 rings (SSSR count). The molecule has 0 atom stereocenters. The predicted molar refractivity (Wildman–Crippen MR) is 53.5 cm³/mol. The van der Waals surface area contributed by atoms with Crippen molar-refractivity contribution in [3.63, 3.8) is 0 Å². The summed E-state index contributed by atoms with van der Waals surface area (Å²) in [6, 6.07) is 0. The van der Waals surface area contributed by atoms with E-state index in [0.717, 1.165) is 11.5 Å². The van der Waals surface area contributed by atoms with Crippen molar-refractivity contribution in [2.24, 2.45) is 0 Å². The Morgan fingerprint density at radius 2 is 1.36 bits per heavy atom. The van der Waals surface area contributed by atoms with E-state index in [-0.39, 0.29) is 37.7 Å². The van der Waals surface area contributed by atoms with Crippen LogP contribution in [-0.2, 0) is 9.59 Å². The summed E-state index contributed by atoms with van der Waals surface area (Å²) in [5, 5.41) is 17.9. The monoisotopic (exact) mass is 242 g/mol. The zero-order chi connectivity index (χ0) is 10.7. The van der Waals surface area contributed by atoms with Crippen LogP contribution < -0.4 is 10.2 Å². The Morgan fingerprint density at radius 3 is 1.50 bits per heavy atom. The van der Waals surface area contributed by atoms with Gasteiger partial charge in [0, 0.05) is 11.5 Å². The van der Waals surface area contributed by atoms with Gasteiger partial charge in [-0.2, -0.15) is 11.8 Å². The minimum atomic E-state index is -2.19. The van der Waals surface area contributed by atoms with E-state index in [1.54, 1.807) is 0 Å². The van der Waals surface area contributed by atoms with E-state index in [1.165, 1.54) is 0 Å². The van der Waals surface area contributed by atoms with Crippen LogP contribution in [0.25, 0.3) is 0 Å². The maximum atomic E-state index is 8.93. The number of carbonyl (C=O) groups excluding carboxylic acids is 2. The Balaban J connectivity index is -0.000000163. The van der Waals surface area contributed by atoms with E-state index in [1.807, 2.05) is 23.9 Å². The van der Waals surface area contributed by atoms with Crippen molar-refractivity contribution < 1.29 is 19.8 Å². The number of hydrogen-bond donors (Lipinski definition) is 0. The van der Waals surface area contributed by atoms with E-state index in [9.17, 15) is 0 Å². The Kier molecular flexibility index (Phi) is 21.7. The van der Waals surface area contributed by atoms with Crippen molar-refractivity contribution in [1.29, 1.82) is 0 Å². The zero-order valence-corrected chi connectivity index (χ0v) is 10.8. The van der Waals surface area contributed by atoms with Crippen LogP contribution in [0, 0.1) is 0 Å². The first-order valence-electron chi connectivity index (χ1n) is 3.28. The van der Waals surface area contributed by atoms with Gasteiger partial charge in [-0.3, -0.25) is 0 Å². The molecule has 0 heterocycles. The molecule has 0 aromatic carbocycles. The van der Waals surface area contributed by atoms with Crippen LogP contribution in [0.4, 0.5) is 0 Å². The Hall–Kier alpha value is 0.0297. The SMILES string of the molecule is C=CCSCC=C.O=C([O-])C(=O)[O-].[Ca+2]. The molecule has 0 radical (unpaired) electrons. The molecule has 0 aliphatic carbocycles. The molecule has 6 heteroatoms. The molecule has 0 N–H and O–H groups in total. The maximum absolute atomic E-state index is 8.93. The van der Waals surface area contributed by atoms with Gasteiger partial charge in [-0.05, 0) is 0 Å². The molecule has 0 amide bonds. The van der Waals surface area contributed by atoms with E-state index in [0.29, 0.717) is 0 Å². The molecule has 0 aromatic rings. The van der Waals surface area contributed by atoms with Crippen LogP contribution in [-0.4, -0.2) is 61.2 Å². The van der Waals surface area contributed by atoms with Crippen LogP contribution in [0.15, 0.2) is 25.3 Å². The predicted octanol–water partition coefficient (Wildman–Crippen LogP) is -1.80. The summed E-state index contributed by atoms with van der Waals surface area (Å²) in [4.78, 5) is 17.9. The number of rotatable bonds is 4. The quantitative estimate of drug-likeness (QED) is 0.251. The Morgan fingerprint density at radius 1 is 1.07 bits per heavy atom. The van der Waals surface area contributed by atoms with Gasteiger partial charge < -0.3 is 19.8 Å². The fourth-order valence-corrected chi connectivity index (χ4v) is 0.704. The first-order chi connectivity index (χ1) is 6.06. The van der Waals surface area contributed by atoms with Crippen molar-refractivity contribution in [2.75, 3.05) is 11.5 Å². The van der Waals surface area contributed by atoms with Crippen molar-refractivity contribution >= 4 is 61.4 Å². The van der Waals surface area contributed by atoms with Crippen LogP contribution in [0.5, 0.6) is 0 Å². The number of thioether (sulfide) groups is 1. The zero-order valence-electron chi connectivity index (χ0n) is 7.73. The second-order valence-corrected chi connectivity index (χ2v) is 2.76. The third kappa shape index (κ3) is 22.7. The largest absolute Gasteiger partial charge is 2.00 e. The summed E-state index contributed by atoms with van der Waals surface area (Å²) < 4.78 is 0. The average molecular weight is 242 g/mol. The molecule has 0 spiro atoms. The molecule has 74 valence electrons. The van der Waals surface area contributed by atoms with Crippen molar-refractivity contribution in [2.45, 2.75) is 0 Å². The molecule has 14 heavy (non-hydrogen) atoms. The maximum Gasteiger partial charge on any atom is 2.00 e. The molecular formula is C8H10CaO4S. The first kappa shape index (κ1) is 19.6. The van der Waals surface area contributed by atoms with E-state index in [4.69, 9.17) is 19.8 Å². The summed E-state index contributed by atoms with van der Waals surface area (Å²) in [6.45, 7) is 7.15. The van der Waals surface area contributed by atoms with Gasteiger partial charge in [0.05, 0.1) is 11.9 Å². The summed E-state index contributed by atoms with van der Waals surface area (Å²) in [5.74, 6) is -2.30. The number of carbonyl (C=O) groups is 2. The summed E-state index contributed by atoms with van der Waals surface area (Å²) in [5.41, 5.74) is 0. The Labute approximate surface area is 117 Å². The van der Waals surface area contributed by atoms with Crippen LogP contribution in [0.1, 0.15) is 0 Å². The fraction of sp³-hybridized carbons (Fsp3) is 0.250. The van der Waals surface area contributed by atoms with Gasteiger partial charge in [0.25, 0.3) is 0 Å². The molecule has 0 saturated heterocycles. The minimum Gasteiger partial charge on any atom is -0.543 e. The molecule has 0 unspecified atom stereocenters. The van der Waals surface area contributed by atoms with Crippen LogP contribution in [0.3, 0.4) is 0 Å². The molecule has 0 bridgehead atoms. The van der Waals surface area contributed by atoms with E-state index < -0.39 is 11.9 Å². The van der Waals surface area contributed by atoms with E-state index in [2.05, 4.69) is 13.2 Å². The summed E-state index contributed by atoms with van der Waals surface area (Å²) in [6.07, 6.45) is 3.79. The van der Waals surface area contributed by atoms with Crippen molar-refractivity contribution in [3.8, 4) is 0 Å². The summed E-state index contributed by atoms with van der Waals surface area (Å²) in [7, 11) is 0. The van der Waals surface area contributed by atoms with Crippen molar-refractivity contribution in [1.82, 2.24) is 0 Å². The first-order valence-corrected chi connectivity index (χ1v) is 4.43. The van der Waals surface area contributed by atoms with Gasteiger partial charge in [0.15, 0.2) is 0 Å². The molecule has 0 aromatic heterocycles. The van der Waals surface area contributed by atoms with Crippen LogP contribution >= 0.6 is 11.8 Å². The molecule has 0 aliphatic rings. The minimum absolute atomic E-state index is 0. The number of hydrogen-bond acceptors (Lipinski definition) is 5. The second-order valence-electron chi connectivity index (χ2n) is 1.69. The van der Waals surface area contributed by atoms with Gasteiger partial charge >= 0.3 is 37.7 Å². The third-order valence-electron chi connectivity index (χ3n) is 0.638. The standard InChI is InChI=1S/C6H10S.C2H2O4.Ca/c1-3-5-7-6-4-2;3-1(4)2(5)6;/h3-4H,1-2,5-6H2;(H,3,4)(H,5,6);/q;;+2/p-2. The molecule has 0 saturated carbocycles. The van der Waals surface area contributed by atoms with Gasteiger partial charge in [0.1, 0.15) is 0 Å². The molecule has 0 aliphatic heterocycles. The molecule has 4 nitrogen and oxygen atoms in total. The summed E-state index contributed by atoms with van der Waals surface area (Å²) >= 11 is 1.82. The smallest absolute Gasteiger partial charge is 0.543 e. The van der Waals surface area contributed by atoms with Gasteiger partial charge in [0.2, 0.25) is 0 Å². The van der Waals surface area contributed by atoms with Gasteiger partial charge in [-0.1, -0.05) is 12.2 Å². The second kappa shape index (κ2) is 15.5. The Bertz CT molecular complexity index is 174. The van der Waals surface area contributed by atoms with Gasteiger partial charge in [-0.25, -0.2) is 0 Å². The molecular weight excluding hydrogens is 232 g/mol. The number of carboxylic acid groups (broad SMARTS) is 2. The molecule has 0 fully saturated rings. The van der Waals surface area contributed by atoms with E-state index >= 15 is 0 Å². The number of carboxylic acids is 2. The van der Waals surface area contributed by atoms with Crippen LogP contribution in [0.2, 0.25) is 0 Å². The fourth-order valence-electron chi connectivity index (χ4n) is 0.235. The van der Waals surface area contributed by atoms with Crippen molar-refractivity contribution in [3.05, 3.63) is 25.3 Å². The topological polar surface area (TPSA) is 80.3 Å². The average Bonchev–Trinajstić information content (AvgIpc) is 2.06.